The fraction of sp³-hybridized carbons (Fsp3) is 0.483. The van der Waals surface area contributed by atoms with Crippen molar-refractivity contribution in [2.75, 3.05) is 26.3 Å². The van der Waals surface area contributed by atoms with Crippen molar-refractivity contribution >= 4 is 17.0 Å². The zero-order chi connectivity index (χ0) is 26.9. The molecule has 200 valence electrons. The van der Waals surface area contributed by atoms with Crippen LogP contribution in [0.1, 0.15) is 45.2 Å². The summed E-state index contributed by atoms with van der Waals surface area (Å²) in [6.07, 6.45) is 3.32. The first-order valence-electron chi connectivity index (χ1n) is 13.2. The number of carbonyl (C=O) groups is 1. The summed E-state index contributed by atoms with van der Waals surface area (Å²) in [6.45, 7) is 8.98. The van der Waals surface area contributed by atoms with Crippen LogP contribution in [0.15, 0.2) is 42.6 Å². The summed E-state index contributed by atoms with van der Waals surface area (Å²) in [7, 11) is 0. The van der Waals surface area contributed by atoms with Crippen LogP contribution in [0.5, 0.6) is 0 Å². The minimum absolute atomic E-state index is 0.0410. The van der Waals surface area contributed by atoms with Gasteiger partial charge >= 0.3 is 6.09 Å². The van der Waals surface area contributed by atoms with E-state index < -0.39 is 23.6 Å². The van der Waals surface area contributed by atoms with Crippen LogP contribution in [0.3, 0.4) is 0 Å². The van der Waals surface area contributed by atoms with Crippen molar-refractivity contribution in [3.8, 4) is 17.2 Å². The second-order valence-electron chi connectivity index (χ2n) is 11.2. The number of alkyl carbamates (subject to hydrolysis) is 1. The Kier molecular flexibility index (Phi) is 7.37. The van der Waals surface area contributed by atoms with E-state index >= 15 is 4.39 Å². The van der Waals surface area contributed by atoms with E-state index in [4.69, 9.17) is 14.6 Å². The number of carbonyl (C=O) groups excluding carboxylic acids is 1. The van der Waals surface area contributed by atoms with Gasteiger partial charge in [0.15, 0.2) is 0 Å². The Labute approximate surface area is 222 Å². The molecule has 2 aliphatic heterocycles. The highest BCUT2D eigenvalue weighted by Crippen LogP contribution is 2.31. The Hall–Kier alpha value is -3.48. The largest absolute Gasteiger partial charge is 0.444 e. The standard InChI is InChI=1S/C29H34FN5O3/c1-29(2,3)38-28(36)33-23(15-31)12-21-6-4-19(13-26(21)30)20-5-7-22-16-32-35(27(22)14-20)24-8-10-34(11-9-24)25-17-37-18-25/h4-7,13-14,16,23-25H,8-12,17-18H2,1-3H3,(H,33,36)/t23-/m0/s1. The number of likely N-dealkylation sites (tertiary alicyclic amines) is 1. The molecule has 0 radical (unpaired) electrons. The van der Waals surface area contributed by atoms with Crippen LogP contribution < -0.4 is 5.32 Å². The van der Waals surface area contributed by atoms with E-state index in [-0.39, 0.29) is 6.42 Å². The number of halogens is 1. The Morgan fingerprint density at radius 1 is 1.18 bits per heavy atom. The second kappa shape index (κ2) is 10.7. The quantitative estimate of drug-likeness (QED) is 0.501. The molecule has 2 aliphatic rings. The molecule has 5 rings (SSSR count). The smallest absolute Gasteiger partial charge is 0.408 e. The number of nitriles is 1. The highest BCUT2D eigenvalue weighted by Gasteiger charge is 2.30. The lowest BCUT2D eigenvalue weighted by Crippen LogP contribution is -2.51. The predicted molar refractivity (Wildman–Crippen MR) is 142 cm³/mol. The van der Waals surface area contributed by atoms with E-state index in [0.717, 1.165) is 61.2 Å². The third-order valence-corrected chi connectivity index (χ3v) is 7.24. The molecule has 2 fully saturated rings. The maximum Gasteiger partial charge on any atom is 0.408 e. The number of piperidine rings is 1. The molecule has 0 saturated carbocycles. The van der Waals surface area contributed by atoms with Crippen molar-refractivity contribution in [1.29, 1.82) is 5.26 Å². The first-order chi connectivity index (χ1) is 18.2. The molecule has 3 heterocycles. The zero-order valence-electron chi connectivity index (χ0n) is 22.1. The Balaban J connectivity index is 1.29. The van der Waals surface area contributed by atoms with Crippen LogP contribution in [0.2, 0.25) is 0 Å². The van der Waals surface area contributed by atoms with Crippen molar-refractivity contribution in [2.45, 2.75) is 63.8 Å². The zero-order valence-corrected chi connectivity index (χ0v) is 22.1. The molecule has 1 N–H and O–H groups in total. The average molecular weight is 520 g/mol. The molecule has 8 nitrogen and oxygen atoms in total. The van der Waals surface area contributed by atoms with E-state index in [9.17, 15) is 10.1 Å². The molecule has 1 atom stereocenters. The lowest BCUT2D eigenvalue weighted by molar-refractivity contribution is -0.0733. The molecule has 0 spiro atoms. The van der Waals surface area contributed by atoms with Crippen LogP contribution in [0, 0.1) is 17.1 Å². The molecule has 2 aromatic carbocycles. The van der Waals surface area contributed by atoms with Gasteiger partial charge in [0.25, 0.3) is 0 Å². The van der Waals surface area contributed by atoms with Gasteiger partial charge in [-0.15, -0.1) is 0 Å². The molecule has 0 unspecified atom stereocenters. The number of ether oxygens (including phenoxy) is 2. The van der Waals surface area contributed by atoms with E-state index in [1.165, 1.54) is 6.07 Å². The first kappa shape index (κ1) is 26.1. The van der Waals surface area contributed by atoms with E-state index in [1.807, 2.05) is 30.5 Å². The van der Waals surface area contributed by atoms with E-state index in [0.29, 0.717) is 17.6 Å². The lowest BCUT2D eigenvalue weighted by Gasteiger charge is -2.41. The normalized spacial score (nSPS) is 18.1. The van der Waals surface area contributed by atoms with Gasteiger partial charge in [-0.25, -0.2) is 9.18 Å². The summed E-state index contributed by atoms with van der Waals surface area (Å²) < 4.78 is 27.8. The Bertz CT molecular complexity index is 1350. The Morgan fingerprint density at radius 2 is 1.89 bits per heavy atom. The molecule has 2 saturated heterocycles. The predicted octanol–water partition coefficient (Wildman–Crippen LogP) is 4.84. The summed E-state index contributed by atoms with van der Waals surface area (Å²) >= 11 is 0. The summed E-state index contributed by atoms with van der Waals surface area (Å²) in [5.74, 6) is -0.422. The van der Waals surface area contributed by atoms with Gasteiger partial charge in [0.2, 0.25) is 0 Å². The minimum atomic E-state index is -0.904. The number of nitrogens with zero attached hydrogens (tertiary/aromatic N) is 4. The number of benzene rings is 2. The van der Waals surface area contributed by atoms with Crippen molar-refractivity contribution in [3.05, 3.63) is 54.0 Å². The van der Waals surface area contributed by atoms with Gasteiger partial charge in [0.05, 0.1) is 43.1 Å². The number of fused-ring (bicyclic) bond motifs is 1. The molecular weight excluding hydrogens is 485 g/mol. The van der Waals surface area contributed by atoms with Crippen LogP contribution in [-0.4, -0.2) is 64.8 Å². The maximum absolute atomic E-state index is 15.1. The number of aromatic nitrogens is 2. The summed E-state index contributed by atoms with van der Waals surface area (Å²) in [4.78, 5) is 14.6. The highest BCUT2D eigenvalue weighted by atomic mass is 19.1. The van der Waals surface area contributed by atoms with Gasteiger partial charge in [-0.2, -0.15) is 10.4 Å². The van der Waals surface area contributed by atoms with Gasteiger partial charge in [-0.05, 0) is 62.4 Å². The fourth-order valence-corrected chi connectivity index (χ4v) is 5.13. The number of hydrogen-bond acceptors (Lipinski definition) is 6. The summed E-state index contributed by atoms with van der Waals surface area (Å²) in [6, 6.07) is 13.1. The number of amides is 1. The molecular formula is C29H34FN5O3. The van der Waals surface area contributed by atoms with Gasteiger partial charge in [-0.1, -0.05) is 24.3 Å². The van der Waals surface area contributed by atoms with Crippen molar-refractivity contribution in [2.24, 2.45) is 0 Å². The number of rotatable bonds is 6. The number of nitrogens with one attached hydrogen (secondary N) is 1. The number of hydrogen-bond donors (Lipinski definition) is 1. The van der Waals surface area contributed by atoms with Crippen molar-refractivity contribution in [3.63, 3.8) is 0 Å². The van der Waals surface area contributed by atoms with Crippen molar-refractivity contribution < 1.29 is 18.7 Å². The van der Waals surface area contributed by atoms with Gasteiger partial charge in [0.1, 0.15) is 17.5 Å². The van der Waals surface area contributed by atoms with E-state index in [1.54, 1.807) is 26.8 Å². The second-order valence-corrected chi connectivity index (χ2v) is 11.2. The average Bonchev–Trinajstić information content (AvgIpc) is 3.26. The third kappa shape index (κ3) is 5.82. The molecule has 1 aromatic heterocycles. The van der Waals surface area contributed by atoms with Crippen LogP contribution in [-0.2, 0) is 15.9 Å². The maximum atomic E-state index is 15.1. The Morgan fingerprint density at radius 3 is 2.53 bits per heavy atom. The first-order valence-corrected chi connectivity index (χ1v) is 13.2. The van der Waals surface area contributed by atoms with Gasteiger partial charge < -0.3 is 14.8 Å². The molecule has 1 amide bonds. The topological polar surface area (TPSA) is 92.4 Å². The molecule has 9 heteroatoms. The summed E-state index contributed by atoms with van der Waals surface area (Å²) in [5, 5.41) is 17.7. The summed E-state index contributed by atoms with van der Waals surface area (Å²) in [5.41, 5.74) is 2.36. The lowest BCUT2D eigenvalue weighted by atomic mass is 9.99. The molecule has 0 bridgehead atoms. The monoisotopic (exact) mass is 519 g/mol. The van der Waals surface area contributed by atoms with Crippen LogP contribution >= 0.6 is 0 Å². The van der Waals surface area contributed by atoms with Crippen LogP contribution in [0.4, 0.5) is 9.18 Å². The molecule has 38 heavy (non-hydrogen) atoms. The van der Waals surface area contributed by atoms with Crippen LogP contribution in [0.25, 0.3) is 22.0 Å². The highest BCUT2D eigenvalue weighted by molar-refractivity contribution is 5.84. The molecule has 3 aromatic rings. The SMILES string of the molecule is CC(C)(C)OC(=O)N[C@H](C#N)Cc1ccc(-c2ccc3cnn(C4CCN(C5COC5)CC4)c3c2)cc1F. The molecule has 0 aliphatic carbocycles. The van der Waals surface area contributed by atoms with E-state index in [2.05, 4.69) is 21.0 Å². The van der Waals surface area contributed by atoms with Gasteiger partial charge in [-0.3, -0.25) is 9.58 Å². The van der Waals surface area contributed by atoms with Gasteiger partial charge in [0, 0.05) is 24.9 Å². The fourth-order valence-electron chi connectivity index (χ4n) is 5.13. The minimum Gasteiger partial charge on any atom is -0.444 e. The van der Waals surface area contributed by atoms with Crippen molar-refractivity contribution in [1.82, 2.24) is 20.0 Å². The third-order valence-electron chi connectivity index (χ3n) is 7.24.